The van der Waals surface area contributed by atoms with Gasteiger partial charge in [-0.15, -0.1) is 0 Å². The zero-order valence-corrected chi connectivity index (χ0v) is 13.1. The molecule has 6 nitrogen and oxygen atoms in total. The molecule has 2 aliphatic rings. The highest BCUT2D eigenvalue weighted by Crippen LogP contribution is 2.25. The van der Waals surface area contributed by atoms with Crippen LogP contribution < -0.4 is 4.90 Å². The van der Waals surface area contributed by atoms with Crippen LogP contribution in [0.25, 0.3) is 11.0 Å². The average molecular weight is 301 g/mol. The van der Waals surface area contributed by atoms with Gasteiger partial charge < -0.3 is 14.2 Å². The minimum atomic E-state index is 0.613. The molecule has 0 radical (unpaired) electrons. The van der Waals surface area contributed by atoms with E-state index in [1.54, 1.807) is 6.33 Å². The van der Waals surface area contributed by atoms with Crippen LogP contribution in [0.3, 0.4) is 0 Å². The molecule has 0 saturated carbocycles. The lowest BCUT2D eigenvalue weighted by molar-refractivity contribution is 0.148. The van der Waals surface area contributed by atoms with Crippen LogP contribution in [0.15, 0.2) is 18.6 Å². The van der Waals surface area contributed by atoms with Crippen molar-refractivity contribution in [1.82, 2.24) is 19.4 Å². The largest absolute Gasteiger partial charge is 0.380 e. The predicted octanol–water partition coefficient (Wildman–Crippen LogP) is 1.27. The first-order valence-electron chi connectivity index (χ1n) is 8.16. The lowest BCUT2D eigenvalue weighted by atomic mass is 10.2. The van der Waals surface area contributed by atoms with Gasteiger partial charge in [-0.1, -0.05) is 0 Å². The third-order valence-electron chi connectivity index (χ3n) is 4.89. The van der Waals surface area contributed by atoms with Gasteiger partial charge >= 0.3 is 0 Å². The Morgan fingerprint density at radius 3 is 3.00 bits per heavy atom. The SMILES string of the molecule is Cn1ccc2c(N3CCCN(C4CCOC4)CC3)ncnc21. The second-order valence-corrected chi connectivity index (χ2v) is 6.26. The van der Waals surface area contributed by atoms with Gasteiger partial charge in [-0.3, -0.25) is 4.90 Å². The third-order valence-corrected chi connectivity index (χ3v) is 4.89. The number of aromatic nitrogens is 3. The molecule has 2 aromatic heterocycles. The summed E-state index contributed by atoms with van der Waals surface area (Å²) in [6.07, 6.45) is 6.10. The Balaban J connectivity index is 1.55. The zero-order chi connectivity index (χ0) is 14.9. The summed E-state index contributed by atoms with van der Waals surface area (Å²) in [5, 5.41) is 1.16. The minimum absolute atomic E-state index is 0.613. The van der Waals surface area contributed by atoms with Crippen molar-refractivity contribution in [2.45, 2.75) is 18.9 Å². The first-order valence-corrected chi connectivity index (χ1v) is 8.16. The topological polar surface area (TPSA) is 46.4 Å². The summed E-state index contributed by atoms with van der Waals surface area (Å²) in [5.41, 5.74) is 1.01. The molecule has 0 bridgehead atoms. The van der Waals surface area contributed by atoms with Gasteiger partial charge in [-0.2, -0.15) is 0 Å². The smallest absolute Gasteiger partial charge is 0.145 e. The van der Waals surface area contributed by atoms with Crippen molar-refractivity contribution in [3.8, 4) is 0 Å². The van der Waals surface area contributed by atoms with E-state index in [1.165, 1.54) is 12.8 Å². The molecule has 6 heteroatoms. The first-order chi connectivity index (χ1) is 10.8. The van der Waals surface area contributed by atoms with Gasteiger partial charge in [0.05, 0.1) is 12.0 Å². The maximum absolute atomic E-state index is 5.54. The van der Waals surface area contributed by atoms with Gasteiger partial charge in [0.2, 0.25) is 0 Å². The van der Waals surface area contributed by atoms with Crippen LogP contribution in [0.5, 0.6) is 0 Å². The summed E-state index contributed by atoms with van der Waals surface area (Å²) in [6, 6.07) is 2.74. The summed E-state index contributed by atoms with van der Waals surface area (Å²) >= 11 is 0. The molecular weight excluding hydrogens is 278 g/mol. The van der Waals surface area contributed by atoms with E-state index < -0.39 is 0 Å². The molecule has 2 fully saturated rings. The number of ether oxygens (including phenoxy) is 1. The Bertz CT molecular complexity index is 649. The van der Waals surface area contributed by atoms with E-state index in [-0.39, 0.29) is 0 Å². The summed E-state index contributed by atoms with van der Waals surface area (Å²) in [7, 11) is 2.03. The van der Waals surface area contributed by atoms with Gasteiger partial charge in [0.15, 0.2) is 0 Å². The van der Waals surface area contributed by atoms with E-state index in [0.29, 0.717) is 6.04 Å². The number of nitrogens with zero attached hydrogens (tertiary/aromatic N) is 5. The van der Waals surface area contributed by atoms with Crippen LogP contribution in [-0.4, -0.2) is 64.9 Å². The van der Waals surface area contributed by atoms with Gasteiger partial charge in [0.1, 0.15) is 17.8 Å². The number of rotatable bonds is 2. The molecule has 2 aliphatic heterocycles. The highest BCUT2D eigenvalue weighted by molar-refractivity contribution is 5.87. The van der Waals surface area contributed by atoms with E-state index in [2.05, 4.69) is 36.6 Å². The monoisotopic (exact) mass is 301 g/mol. The molecule has 2 aromatic rings. The molecule has 0 aromatic carbocycles. The van der Waals surface area contributed by atoms with E-state index >= 15 is 0 Å². The van der Waals surface area contributed by atoms with Crippen molar-refractivity contribution in [2.75, 3.05) is 44.3 Å². The fourth-order valence-electron chi connectivity index (χ4n) is 3.64. The lowest BCUT2D eigenvalue weighted by Gasteiger charge is -2.26. The molecule has 1 atom stereocenters. The van der Waals surface area contributed by atoms with Gasteiger partial charge in [-0.25, -0.2) is 9.97 Å². The van der Waals surface area contributed by atoms with E-state index in [4.69, 9.17) is 4.74 Å². The Morgan fingerprint density at radius 2 is 2.14 bits per heavy atom. The molecular formula is C16H23N5O. The molecule has 0 N–H and O–H groups in total. The van der Waals surface area contributed by atoms with Crippen LogP contribution in [0, 0.1) is 0 Å². The van der Waals surface area contributed by atoms with Crippen molar-refractivity contribution in [3.05, 3.63) is 18.6 Å². The second kappa shape index (κ2) is 5.85. The van der Waals surface area contributed by atoms with Crippen LogP contribution in [0.2, 0.25) is 0 Å². The van der Waals surface area contributed by atoms with E-state index in [1.807, 2.05) is 7.05 Å². The summed E-state index contributed by atoms with van der Waals surface area (Å²) in [5.74, 6) is 1.08. The summed E-state index contributed by atoms with van der Waals surface area (Å²) < 4.78 is 7.60. The Labute approximate surface area is 130 Å². The van der Waals surface area contributed by atoms with Crippen molar-refractivity contribution >= 4 is 16.9 Å². The molecule has 118 valence electrons. The molecule has 4 rings (SSSR count). The predicted molar refractivity (Wildman–Crippen MR) is 86.1 cm³/mol. The summed E-state index contributed by atoms with van der Waals surface area (Å²) in [4.78, 5) is 14.0. The third kappa shape index (κ3) is 2.46. The normalized spacial score (nSPS) is 24.0. The maximum Gasteiger partial charge on any atom is 0.145 e. The van der Waals surface area contributed by atoms with Crippen molar-refractivity contribution in [3.63, 3.8) is 0 Å². The van der Waals surface area contributed by atoms with Crippen molar-refractivity contribution in [2.24, 2.45) is 7.05 Å². The second-order valence-electron chi connectivity index (χ2n) is 6.26. The zero-order valence-electron chi connectivity index (χ0n) is 13.1. The average Bonchev–Trinajstić information content (AvgIpc) is 3.13. The fraction of sp³-hybridized carbons (Fsp3) is 0.625. The highest BCUT2D eigenvalue weighted by Gasteiger charge is 2.26. The Morgan fingerprint density at radius 1 is 1.18 bits per heavy atom. The molecule has 0 amide bonds. The van der Waals surface area contributed by atoms with Crippen molar-refractivity contribution in [1.29, 1.82) is 0 Å². The van der Waals surface area contributed by atoms with Gasteiger partial charge in [0.25, 0.3) is 0 Å². The number of anilines is 1. The molecule has 22 heavy (non-hydrogen) atoms. The fourth-order valence-corrected chi connectivity index (χ4v) is 3.64. The Kier molecular flexibility index (Phi) is 3.72. The number of aryl methyl sites for hydroxylation is 1. The minimum Gasteiger partial charge on any atom is -0.380 e. The molecule has 0 aliphatic carbocycles. The molecule has 4 heterocycles. The van der Waals surface area contributed by atoms with Crippen LogP contribution >= 0.6 is 0 Å². The highest BCUT2D eigenvalue weighted by atomic mass is 16.5. The molecule has 0 spiro atoms. The maximum atomic E-state index is 5.54. The standard InChI is InChI=1S/C16H23N5O/c1-19-7-3-14-15(19)17-12-18-16(14)21-6-2-5-20(8-9-21)13-4-10-22-11-13/h3,7,12-13H,2,4-6,8-11H2,1H3. The molecule has 2 saturated heterocycles. The van der Waals surface area contributed by atoms with E-state index in [9.17, 15) is 0 Å². The van der Waals surface area contributed by atoms with E-state index in [0.717, 1.165) is 56.2 Å². The van der Waals surface area contributed by atoms with Crippen LogP contribution in [0.1, 0.15) is 12.8 Å². The van der Waals surface area contributed by atoms with Crippen LogP contribution in [-0.2, 0) is 11.8 Å². The Hall–Kier alpha value is -1.66. The van der Waals surface area contributed by atoms with Gasteiger partial charge in [-0.05, 0) is 18.9 Å². The van der Waals surface area contributed by atoms with Crippen LogP contribution in [0.4, 0.5) is 5.82 Å². The first kappa shape index (κ1) is 14.0. The lowest BCUT2D eigenvalue weighted by Crippen LogP contribution is -2.38. The van der Waals surface area contributed by atoms with Crippen molar-refractivity contribution < 1.29 is 4.74 Å². The summed E-state index contributed by atoms with van der Waals surface area (Å²) in [6.45, 7) is 6.15. The number of fused-ring (bicyclic) bond motifs is 1. The number of hydrogen-bond donors (Lipinski definition) is 0. The molecule has 1 unspecified atom stereocenters. The quantitative estimate of drug-likeness (QED) is 0.836. The van der Waals surface area contributed by atoms with Gasteiger partial charge in [0, 0.05) is 52.1 Å². The number of hydrogen-bond acceptors (Lipinski definition) is 5.